The van der Waals surface area contributed by atoms with E-state index in [1.165, 1.54) is 43.8 Å². The van der Waals surface area contributed by atoms with Crippen LogP contribution < -0.4 is 5.69 Å². The van der Waals surface area contributed by atoms with Crippen LogP contribution in [0.3, 0.4) is 0 Å². The summed E-state index contributed by atoms with van der Waals surface area (Å²) in [6.07, 6.45) is 0. The van der Waals surface area contributed by atoms with Gasteiger partial charge in [0.1, 0.15) is 0 Å². The van der Waals surface area contributed by atoms with E-state index in [1.807, 2.05) is 60.7 Å². The van der Waals surface area contributed by atoms with Gasteiger partial charge in [-0.25, -0.2) is 14.8 Å². The Bertz CT molecular complexity index is 4520. The van der Waals surface area contributed by atoms with Crippen LogP contribution in [0.1, 0.15) is 0 Å². The van der Waals surface area contributed by atoms with Crippen molar-refractivity contribution in [3.05, 3.63) is 271 Å². The number of nitrogens with one attached hydrogen (secondary N) is 1. The first-order chi connectivity index (χ1) is 36.5. The van der Waals surface area contributed by atoms with Gasteiger partial charge < -0.3 is 4.98 Å². The molecule has 0 aliphatic rings. The van der Waals surface area contributed by atoms with Crippen LogP contribution in [0.5, 0.6) is 0 Å². The van der Waals surface area contributed by atoms with E-state index >= 15 is 0 Å². The van der Waals surface area contributed by atoms with Gasteiger partial charge in [0.05, 0.1) is 22.4 Å². The van der Waals surface area contributed by atoms with Gasteiger partial charge in [-0.1, -0.05) is 231 Å². The standard InChI is InChI=1S/C34H21ClN2.C34H22N2O/c35-34-36-32(23-11-2-1-3-12-23)31-21-30(28-17-6-7-18-29(28)33(31)37-34)25-15-8-14-24(20-25)27-19-9-13-22-10-4-5-16-26(22)27;37-34-35-32(23-11-2-1-3-12-23)31-21-30(28-17-6-7-18-29(28)33(31)36-34)25-15-8-14-24(20-25)27-19-9-13-22-10-4-5-16-26(22)27/h1-21H;1-21H,(H,35,36,37). The molecule has 2 aromatic heterocycles. The van der Waals surface area contributed by atoms with Crippen molar-refractivity contribution < 1.29 is 0 Å². The molecule has 0 aliphatic heterocycles. The van der Waals surface area contributed by atoms with Gasteiger partial charge in [-0.2, -0.15) is 4.98 Å². The molecule has 0 spiro atoms. The number of hydrogen-bond donors (Lipinski definition) is 1. The van der Waals surface area contributed by atoms with Crippen molar-refractivity contribution in [3.63, 3.8) is 0 Å². The number of benzene rings is 12. The van der Waals surface area contributed by atoms with Crippen molar-refractivity contribution in [2.75, 3.05) is 0 Å². The van der Waals surface area contributed by atoms with E-state index in [4.69, 9.17) is 11.6 Å². The van der Waals surface area contributed by atoms with Gasteiger partial charge in [0.15, 0.2) is 0 Å². The third-order valence-electron chi connectivity index (χ3n) is 14.1. The van der Waals surface area contributed by atoms with Crippen molar-refractivity contribution in [2.45, 2.75) is 0 Å². The van der Waals surface area contributed by atoms with Crippen molar-refractivity contribution >= 4 is 76.5 Å². The normalized spacial score (nSPS) is 11.4. The summed E-state index contributed by atoms with van der Waals surface area (Å²) in [6.45, 7) is 0. The fourth-order valence-electron chi connectivity index (χ4n) is 10.7. The van der Waals surface area contributed by atoms with E-state index < -0.39 is 0 Å². The van der Waals surface area contributed by atoms with Gasteiger partial charge in [-0.3, -0.25) is 0 Å². The van der Waals surface area contributed by atoms with Crippen LogP contribution in [0.4, 0.5) is 0 Å². The summed E-state index contributed by atoms with van der Waals surface area (Å²) >= 11 is 6.44. The molecule has 14 rings (SSSR count). The highest BCUT2D eigenvalue weighted by Crippen LogP contribution is 2.42. The first kappa shape index (κ1) is 44.4. The molecular weight excluding hydrogens is 924 g/mol. The predicted molar refractivity (Wildman–Crippen MR) is 310 cm³/mol. The van der Waals surface area contributed by atoms with Crippen LogP contribution in [-0.2, 0) is 0 Å². The summed E-state index contributed by atoms with van der Waals surface area (Å²) in [5.41, 5.74) is 14.1. The molecule has 0 aliphatic carbocycles. The minimum Gasteiger partial charge on any atom is -0.305 e. The van der Waals surface area contributed by atoms with Crippen molar-refractivity contribution in [1.29, 1.82) is 0 Å². The molecule has 0 saturated heterocycles. The van der Waals surface area contributed by atoms with Crippen LogP contribution in [0.25, 0.3) is 132 Å². The van der Waals surface area contributed by atoms with Crippen molar-refractivity contribution in [3.8, 4) is 67.0 Å². The van der Waals surface area contributed by atoms with E-state index in [0.717, 1.165) is 82.4 Å². The number of rotatable bonds is 6. The largest absolute Gasteiger partial charge is 0.345 e. The number of aromatic amines is 1. The number of aromatic nitrogens is 4. The Morgan fingerprint density at radius 2 is 0.689 bits per heavy atom. The molecule has 12 aromatic carbocycles. The molecule has 1 N–H and O–H groups in total. The zero-order valence-corrected chi connectivity index (χ0v) is 40.6. The van der Waals surface area contributed by atoms with E-state index in [1.54, 1.807) is 0 Å². The molecule has 6 heteroatoms. The van der Waals surface area contributed by atoms with Crippen LogP contribution in [0.15, 0.2) is 260 Å². The molecule has 0 atom stereocenters. The van der Waals surface area contributed by atoms with Gasteiger partial charge in [-0.15, -0.1) is 0 Å². The monoisotopic (exact) mass is 966 g/mol. The maximum absolute atomic E-state index is 12.6. The molecule has 0 saturated carbocycles. The molecule has 0 unspecified atom stereocenters. The first-order valence-corrected chi connectivity index (χ1v) is 25.0. The zero-order valence-electron chi connectivity index (χ0n) is 39.9. The lowest BCUT2D eigenvalue weighted by atomic mass is 9.91. The summed E-state index contributed by atoms with van der Waals surface area (Å²) in [5, 5.41) is 11.4. The second-order valence-corrected chi connectivity index (χ2v) is 18.8. The molecule has 0 fully saturated rings. The van der Waals surface area contributed by atoms with E-state index in [-0.39, 0.29) is 11.0 Å². The quantitative estimate of drug-likeness (QED) is 0.133. The van der Waals surface area contributed by atoms with Crippen LogP contribution in [0.2, 0.25) is 5.28 Å². The lowest BCUT2D eigenvalue weighted by Gasteiger charge is -2.14. The minimum atomic E-state index is -0.345. The van der Waals surface area contributed by atoms with Crippen molar-refractivity contribution in [1.82, 2.24) is 19.9 Å². The zero-order chi connectivity index (χ0) is 49.5. The second kappa shape index (κ2) is 18.9. The predicted octanol–water partition coefficient (Wildman–Crippen LogP) is 17.8. The van der Waals surface area contributed by atoms with Gasteiger partial charge in [0.25, 0.3) is 0 Å². The third-order valence-corrected chi connectivity index (χ3v) is 14.2. The Labute approximate surface area is 431 Å². The molecule has 5 nitrogen and oxygen atoms in total. The topological polar surface area (TPSA) is 71.5 Å². The van der Waals surface area contributed by atoms with Gasteiger partial charge in [-0.05, 0) is 113 Å². The van der Waals surface area contributed by atoms with Gasteiger partial charge in [0.2, 0.25) is 5.28 Å². The Morgan fingerprint density at radius 3 is 1.24 bits per heavy atom. The second-order valence-electron chi connectivity index (χ2n) is 18.4. The summed E-state index contributed by atoms with van der Waals surface area (Å²) in [6, 6.07) is 88.6. The molecule has 74 heavy (non-hydrogen) atoms. The number of halogens is 1. The number of hydrogen-bond acceptors (Lipinski definition) is 4. The number of H-pyrrole nitrogens is 1. The summed E-state index contributed by atoms with van der Waals surface area (Å²) in [5.74, 6) is 0. The smallest absolute Gasteiger partial charge is 0.305 e. The van der Waals surface area contributed by atoms with Crippen molar-refractivity contribution in [2.24, 2.45) is 0 Å². The van der Waals surface area contributed by atoms with Crippen LogP contribution in [0, 0.1) is 0 Å². The summed E-state index contributed by atoms with van der Waals surface area (Å²) in [7, 11) is 0. The molecule has 348 valence electrons. The molecular formula is C68H43ClN4O. The van der Waals surface area contributed by atoms with Gasteiger partial charge in [0, 0.05) is 32.7 Å². The third kappa shape index (κ3) is 8.12. The number of nitrogens with zero attached hydrogens (tertiary/aromatic N) is 3. The first-order valence-electron chi connectivity index (χ1n) is 24.7. The number of fused-ring (bicyclic) bond motifs is 8. The average Bonchev–Trinajstić information content (AvgIpc) is 3.47. The maximum Gasteiger partial charge on any atom is 0.345 e. The Morgan fingerprint density at radius 1 is 0.297 bits per heavy atom. The Hall–Kier alpha value is -9.55. The van der Waals surface area contributed by atoms with E-state index in [0.29, 0.717) is 5.69 Å². The molecule has 2 heterocycles. The minimum absolute atomic E-state index is 0.252. The summed E-state index contributed by atoms with van der Waals surface area (Å²) in [4.78, 5) is 29.4. The van der Waals surface area contributed by atoms with E-state index in [9.17, 15) is 4.79 Å². The van der Waals surface area contributed by atoms with Crippen LogP contribution >= 0.6 is 11.6 Å². The summed E-state index contributed by atoms with van der Waals surface area (Å²) < 4.78 is 0. The Balaban J connectivity index is 0.000000143. The molecule has 14 aromatic rings. The lowest BCUT2D eigenvalue weighted by Crippen LogP contribution is -2.11. The van der Waals surface area contributed by atoms with E-state index in [2.05, 4.69) is 214 Å². The maximum atomic E-state index is 12.6. The highest BCUT2D eigenvalue weighted by Gasteiger charge is 2.18. The van der Waals surface area contributed by atoms with Gasteiger partial charge >= 0.3 is 5.69 Å². The Kier molecular flexibility index (Phi) is 11.3. The average molecular weight is 968 g/mol. The SMILES string of the molecule is Clc1nc(-c2ccccc2)c2cc(-c3cccc(-c4cccc5ccccc45)c3)c3ccccc3c2n1.O=c1nc(-c2ccccc2)c2cc(-c3cccc(-c4cccc5ccccc45)c3)c3ccccc3c2[nH]1. The molecule has 0 amide bonds. The molecule has 0 bridgehead atoms. The van der Waals surface area contributed by atoms with Crippen LogP contribution in [-0.4, -0.2) is 19.9 Å². The lowest BCUT2D eigenvalue weighted by molar-refractivity contribution is 1.13. The highest BCUT2D eigenvalue weighted by atomic mass is 35.5. The fourth-order valence-corrected chi connectivity index (χ4v) is 10.9. The highest BCUT2D eigenvalue weighted by molar-refractivity contribution is 6.29. The fraction of sp³-hybridized carbons (Fsp3) is 0. The molecule has 0 radical (unpaired) electrons.